The predicted molar refractivity (Wildman–Crippen MR) is 45.3 cm³/mol. The molecule has 3 nitrogen and oxygen atoms in total. The molecule has 1 unspecified atom stereocenters. The maximum Gasteiger partial charge on any atom is 0.298 e. The number of aliphatic hydroxyl groups is 1. The molecule has 0 aromatic carbocycles. The van der Waals surface area contributed by atoms with Crippen LogP contribution >= 0.6 is 0 Å². The lowest BCUT2D eigenvalue weighted by molar-refractivity contribution is -0.124. The van der Waals surface area contributed by atoms with Crippen molar-refractivity contribution < 1.29 is 9.90 Å². The molecule has 1 saturated heterocycles. The van der Waals surface area contributed by atoms with Crippen molar-refractivity contribution >= 4 is 5.91 Å². The highest BCUT2D eigenvalue weighted by Crippen LogP contribution is 2.19. The first-order valence-electron chi connectivity index (χ1n) is 3.99. The Kier molecular flexibility index (Phi) is 2.39. The van der Waals surface area contributed by atoms with Crippen LogP contribution in [0.3, 0.4) is 0 Å². The number of nitrogens with zero attached hydrogens (tertiary/aromatic N) is 1. The summed E-state index contributed by atoms with van der Waals surface area (Å²) in [6, 6.07) is 0. The van der Waals surface area contributed by atoms with Gasteiger partial charge in [0.1, 0.15) is 0 Å². The van der Waals surface area contributed by atoms with E-state index in [1.165, 1.54) is 0 Å². The van der Waals surface area contributed by atoms with Crippen LogP contribution in [0.1, 0.15) is 20.3 Å². The molecule has 1 fully saturated rings. The molecule has 0 saturated carbocycles. The van der Waals surface area contributed by atoms with Crippen LogP contribution in [0.25, 0.3) is 0 Å². The van der Waals surface area contributed by atoms with Gasteiger partial charge in [-0.1, -0.05) is 5.92 Å². The summed E-state index contributed by atoms with van der Waals surface area (Å²) >= 11 is 0. The average molecular weight is 167 g/mol. The van der Waals surface area contributed by atoms with Gasteiger partial charge in [-0.2, -0.15) is 0 Å². The van der Waals surface area contributed by atoms with Gasteiger partial charge in [0, 0.05) is 6.54 Å². The molecule has 0 aromatic heterocycles. The zero-order valence-electron chi connectivity index (χ0n) is 7.42. The van der Waals surface area contributed by atoms with Gasteiger partial charge in [0.2, 0.25) is 0 Å². The van der Waals surface area contributed by atoms with E-state index in [0.717, 1.165) is 0 Å². The largest absolute Gasteiger partial charge is 0.388 e. The van der Waals surface area contributed by atoms with Crippen molar-refractivity contribution in [2.45, 2.75) is 25.9 Å². The molecule has 0 spiro atoms. The van der Waals surface area contributed by atoms with Gasteiger partial charge in [-0.15, -0.1) is 0 Å². The summed E-state index contributed by atoms with van der Waals surface area (Å²) in [5.74, 6) is 4.82. The Labute approximate surface area is 72.4 Å². The molecule has 0 bridgehead atoms. The zero-order chi connectivity index (χ0) is 9.19. The fourth-order valence-corrected chi connectivity index (χ4v) is 1.30. The second-order valence-electron chi connectivity index (χ2n) is 3.35. The van der Waals surface area contributed by atoms with Crippen molar-refractivity contribution in [2.75, 3.05) is 13.1 Å². The highest BCUT2D eigenvalue weighted by molar-refractivity contribution is 5.93. The molecule has 12 heavy (non-hydrogen) atoms. The highest BCUT2D eigenvalue weighted by atomic mass is 16.3. The molecule has 1 rings (SSSR count). The topological polar surface area (TPSA) is 40.5 Å². The second-order valence-corrected chi connectivity index (χ2v) is 3.35. The Balaban J connectivity index is 2.56. The smallest absolute Gasteiger partial charge is 0.298 e. The van der Waals surface area contributed by atoms with Crippen molar-refractivity contribution in [3.8, 4) is 11.8 Å². The molecule has 1 aliphatic rings. The maximum atomic E-state index is 11.2. The van der Waals surface area contributed by atoms with Crippen LogP contribution in [0.4, 0.5) is 0 Å². The third kappa shape index (κ3) is 1.99. The second kappa shape index (κ2) is 3.16. The number of hydrogen-bond acceptors (Lipinski definition) is 2. The molecule has 0 aliphatic carbocycles. The Morgan fingerprint density at radius 3 is 2.75 bits per heavy atom. The van der Waals surface area contributed by atoms with Crippen molar-refractivity contribution in [3.63, 3.8) is 0 Å². The molecular formula is C9H13NO2. The van der Waals surface area contributed by atoms with E-state index in [1.54, 1.807) is 18.7 Å². The van der Waals surface area contributed by atoms with E-state index in [9.17, 15) is 9.90 Å². The molecule has 1 N–H and O–H groups in total. The Morgan fingerprint density at radius 1 is 1.67 bits per heavy atom. The van der Waals surface area contributed by atoms with Crippen LogP contribution in [-0.4, -0.2) is 34.6 Å². The van der Waals surface area contributed by atoms with Gasteiger partial charge in [0.05, 0.1) is 12.1 Å². The summed E-state index contributed by atoms with van der Waals surface area (Å²) in [6.07, 6.45) is 0.643. The lowest BCUT2D eigenvalue weighted by atomic mass is 10.1. The molecule has 3 heteroatoms. The molecule has 1 heterocycles. The number of likely N-dealkylation sites (tertiary alicyclic amines) is 1. The van der Waals surface area contributed by atoms with E-state index in [4.69, 9.17) is 0 Å². The highest BCUT2D eigenvalue weighted by Gasteiger charge is 2.33. The predicted octanol–water partition coefficient (Wildman–Crippen LogP) is -0.00700. The quantitative estimate of drug-likeness (QED) is 0.516. The van der Waals surface area contributed by atoms with Gasteiger partial charge in [-0.25, -0.2) is 0 Å². The van der Waals surface area contributed by atoms with Gasteiger partial charge in [-0.05, 0) is 26.2 Å². The monoisotopic (exact) mass is 167 g/mol. The summed E-state index contributed by atoms with van der Waals surface area (Å²) in [4.78, 5) is 12.8. The van der Waals surface area contributed by atoms with E-state index in [0.29, 0.717) is 19.5 Å². The number of amides is 1. The summed E-state index contributed by atoms with van der Waals surface area (Å²) in [7, 11) is 0. The SMILES string of the molecule is CC#CC(=O)N1CCC(C)(O)C1. The van der Waals surface area contributed by atoms with Gasteiger partial charge in [0.25, 0.3) is 5.91 Å². The van der Waals surface area contributed by atoms with Crippen LogP contribution in [0, 0.1) is 11.8 Å². The Bertz CT molecular complexity index is 247. The summed E-state index contributed by atoms with van der Waals surface area (Å²) in [5.41, 5.74) is -0.717. The van der Waals surface area contributed by atoms with Gasteiger partial charge in [0.15, 0.2) is 0 Å². The molecule has 0 radical (unpaired) electrons. The maximum absolute atomic E-state index is 11.2. The minimum absolute atomic E-state index is 0.185. The lowest BCUT2D eigenvalue weighted by Gasteiger charge is -2.16. The first-order chi connectivity index (χ1) is 5.55. The molecule has 66 valence electrons. The first-order valence-corrected chi connectivity index (χ1v) is 3.99. The van der Waals surface area contributed by atoms with E-state index in [1.807, 2.05) is 0 Å². The van der Waals surface area contributed by atoms with Gasteiger partial charge >= 0.3 is 0 Å². The van der Waals surface area contributed by atoms with Crippen LogP contribution in [0.5, 0.6) is 0 Å². The average Bonchev–Trinajstić information content (AvgIpc) is 2.31. The van der Waals surface area contributed by atoms with Crippen LogP contribution in [-0.2, 0) is 4.79 Å². The van der Waals surface area contributed by atoms with E-state index in [2.05, 4.69) is 11.8 Å². The lowest BCUT2D eigenvalue weighted by Crippen LogP contribution is -2.33. The third-order valence-electron chi connectivity index (χ3n) is 1.97. The summed E-state index contributed by atoms with van der Waals surface area (Å²) < 4.78 is 0. The first kappa shape index (κ1) is 9.08. The van der Waals surface area contributed by atoms with E-state index >= 15 is 0 Å². The summed E-state index contributed by atoms with van der Waals surface area (Å²) in [6.45, 7) is 4.38. The van der Waals surface area contributed by atoms with E-state index in [-0.39, 0.29) is 5.91 Å². The third-order valence-corrected chi connectivity index (χ3v) is 1.97. The summed E-state index contributed by atoms with van der Waals surface area (Å²) in [5, 5.41) is 9.54. The molecular weight excluding hydrogens is 154 g/mol. The Morgan fingerprint density at radius 2 is 2.33 bits per heavy atom. The van der Waals surface area contributed by atoms with E-state index < -0.39 is 5.60 Å². The Hall–Kier alpha value is -1.01. The minimum Gasteiger partial charge on any atom is -0.388 e. The molecule has 1 amide bonds. The minimum atomic E-state index is -0.717. The van der Waals surface area contributed by atoms with Gasteiger partial charge in [-0.3, -0.25) is 4.79 Å². The number of β-amino-alcohol motifs (C(OH)–C–C–N with tert-alkyl or cyclic N) is 1. The zero-order valence-corrected chi connectivity index (χ0v) is 7.42. The fourth-order valence-electron chi connectivity index (χ4n) is 1.30. The van der Waals surface area contributed by atoms with Crippen molar-refractivity contribution in [3.05, 3.63) is 0 Å². The number of hydrogen-bond donors (Lipinski definition) is 1. The van der Waals surface area contributed by atoms with Crippen molar-refractivity contribution in [1.29, 1.82) is 0 Å². The fraction of sp³-hybridized carbons (Fsp3) is 0.667. The molecule has 1 aliphatic heterocycles. The normalized spacial score (nSPS) is 28.1. The molecule has 0 aromatic rings. The number of rotatable bonds is 0. The van der Waals surface area contributed by atoms with Crippen LogP contribution < -0.4 is 0 Å². The standard InChI is InChI=1S/C9H13NO2/c1-3-4-8(11)10-6-5-9(2,12)7-10/h12H,5-7H2,1-2H3. The van der Waals surface area contributed by atoms with Crippen LogP contribution in [0.2, 0.25) is 0 Å². The van der Waals surface area contributed by atoms with Gasteiger partial charge < -0.3 is 10.0 Å². The van der Waals surface area contributed by atoms with Crippen molar-refractivity contribution in [2.24, 2.45) is 0 Å². The van der Waals surface area contributed by atoms with Crippen molar-refractivity contribution in [1.82, 2.24) is 4.90 Å². The number of carbonyl (C=O) groups is 1. The van der Waals surface area contributed by atoms with Crippen LogP contribution in [0.15, 0.2) is 0 Å². The number of carbonyl (C=O) groups excluding carboxylic acids is 1. The molecule has 1 atom stereocenters.